The van der Waals surface area contributed by atoms with Crippen LogP contribution in [-0.4, -0.2) is 31.9 Å². The lowest BCUT2D eigenvalue weighted by atomic mass is 10.1. The first-order valence-electron chi connectivity index (χ1n) is 5.44. The Morgan fingerprint density at radius 3 is 3.00 bits per heavy atom. The van der Waals surface area contributed by atoms with Gasteiger partial charge in [0, 0.05) is 31.7 Å². The Kier molecular flexibility index (Phi) is 3.29. The zero-order valence-electron chi connectivity index (χ0n) is 9.32. The number of hydrogen-bond donors (Lipinski definition) is 1. The Labute approximate surface area is 94.4 Å². The van der Waals surface area contributed by atoms with Gasteiger partial charge < -0.3 is 14.7 Å². The van der Waals surface area contributed by atoms with Crippen LogP contribution in [0, 0.1) is 11.7 Å². The van der Waals surface area contributed by atoms with Crippen LogP contribution >= 0.6 is 0 Å². The first kappa shape index (κ1) is 11.2. The molecule has 1 aliphatic rings. The molecule has 1 fully saturated rings. The average Bonchev–Trinajstić information content (AvgIpc) is 2.78. The van der Waals surface area contributed by atoms with Gasteiger partial charge in [-0.3, -0.25) is 0 Å². The van der Waals surface area contributed by atoms with Gasteiger partial charge in [-0.05, 0) is 18.6 Å². The molecular formula is C12H16FNO2. The molecule has 1 heterocycles. The van der Waals surface area contributed by atoms with E-state index >= 15 is 0 Å². The van der Waals surface area contributed by atoms with Crippen LogP contribution in [0.3, 0.4) is 0 Å². The zero-order valence-corrected chi connectivity index (χ0v) is 9.32. The minimum atomic E-state index is -0.237. The molecule has 0 unspecified atom stereocenters. The maximum Gasteiger partial charge on any atom is 0.146 e. The summed E-state index contributed by atoms with van der Waals surface area (Å²) < 4.78 is 18.7. The highest BCUT2D eigenvalue weighted by atomic mass is 19.1. The molecule has 3 nitrogen and oxygen atoms in total. The Balaban J connectivity index is 2.20. The number of benzene rings is 1. The van der Waals surface area contributed by atoms with Gasteiger partial charge in [0.25, 0.3) is 0 Å². The number of ether oxygens (including phenoxy) is 1. The third-order valence-electron chi connectivity index (χ3n) is 3.04. The van der Waals surface area contributed by atoms with Crippen molar-refractivity contribution in [1.82, 2.24) is 0 Å². The molecule has 0 bridgehead atoms. The standard InChI is InChI=1S/C12H16FNO2/c1-16-10-2-3-11(13)12(6-10)14-5-4-9(7-14)8-15/h2-3,6,9,15H,4-5,7-8H2,1H3/t9-/m0/s1. The minimum Gasteiger partial charge on any atom is -0.497 e. The lowest BCUT2D eigenvalue weighted by molar-refractivity contribution is 0.238. The molecular weight excluding hydrogens is 209 g/mol. The van der Waals surface area contributed by atoms with Crippen LogP contribution in [0.25, 0.3) is 0 Å². The van der Waals surface area contributed by atoms with E-state index in [1.807, 2.05) is 4.90 Å². The zero-order chi connectivity index (χ0) is 11.5. The highest BCUT2D eigenvalue weighted by molar-refractivity contribution is 5.52. The first-order valence-corrected chi connectivity index (χ1v) is 5.44. The fourth-order valence-corrected chi connectivity index (χ4v) is 2.06. The van der Waals surface area contributed by atoms with Crippen LogP contribution in [-0.2, 0) is 0 Å². The van der Waals surface area contributed by atoms with Crippen molar-refractivity contribution < 1.29 is 14.2 Å². The van der Waals surface area contributed by atoms with E-state index in [0.29, 0.717) is 18.0 Å². The second-order valence-electron chi connectivity index (χ2n) is 4.10. The van der Waals surface area contributed by atoms with E-state index < -0.39 is 0 Å². The molecule has 1 saturated heterocycles. The van der Waals surface area contributed by atoms with Crippen molar-refractivity contribution in [3.05, 3.63) is 24.0 Å². The third kappa shape index (κ3) is 2.11. The van der Waals surface area contributed by atoms with E-state index in [1.54, 1.807) is 19.2 Å². The Morgan fingerprint density at radius 2 is 2.38 bits per heavy atom. The van der Waals surface area contributed by atoms with Gasteiger partial charge in [-0.15, -0.1) is 0 Å². The van der Waals surface area contributed by atoms with Gasteiger partial charge in [0.2, 0.25) is 0 Å². The molecule has 4 heteroatoms. The number of hydrogen-bond acceptors (Lipinski definition) is 3. The Morgan fingerprint density at radius 1 is 1.56 bits per heavy atom. The lowest BCUT2D eigenvalue weighted by Crippen LogP contribution is -2.21. The van der Waals surface area contributed by atoms with Crippen molar-refractivity contribution in [2.45, 2.75) is 6.42 Å². The Hall–Kier alpha value is -1.29. The van der Waals surface area contributed by atoms with Crippen LogP contribution in [0.5, 0.6) is 5.75 Å². The molecule has 0 aliphatic carbocycles. The predicted octanol–water partition coefficient (Wildman–Crippen LogP) is 1.65. The van der Waals surface area contributed by atoms with E-state index in [1.165, 1.54) is 6.07 Å². The summed E-state index contributed by atoms with van der Waals surface area (Å²) in [5, 5.41) is 9.06. The van der Waals surface area contributed by atoms with Crippen molar-refractivity contribution in [3.8, 4) is 5.75 Å². The number of methoxy groups -OCH3 is 1. The number of nitrogens with zero attached hydrogens (tertiary/aromatic N) is 1. The summed E-state index contributed by atoms with van der Waals surface area (Å²) in [5.41, 5.74) is 0.565. The SMILES string of the molecule is COc1ccc(F)c(N2CC[C@H](CO)C2)c1. The van der Waals surface area contributed by atoms with Gasteiger partial charge in [0.05, 0.1) is 12.8 Å². The molecule has 0 amide bonds. The quantitative estimate of drug-likeness (QED) is 0.849. The molecule has 88 valence electrons. The van der Waals surface area contributed by atoms with E-state index in [-0.39, 0.29) is 18.3 Å². The topological polar surface area (TPSA) is 32.7 Å². The maximum atomic E-state index is 13.6. The number of aliphatic hydroxyl groups is 1. The monoisotopic (exact) mass is 225 g/mol. The van der Waals surface area contributed by atoms with Gasteiger partial charge in [0.1, 0.15) is 11.6 Å². The average molecular weight is 225 g/mol. The van der Waals surface area contributed by atoms with Crippen molar-refractivity contribution in [3.63, 3.8) is 0 Å². The smallest absolute Gasteiger partial charge is 0.146 e. The fourth-order valence-electron chi connectivity index (χ4n) is 2.06. The molecule has 1 atom stereocenters. The summed E-state index contributed by atoms with van der Waals surface area (Å²) in [6, 6.07) is 4.73. The van der Waals surface area contributed by atoms with Crippen molar-refractivity contribution in [1.29, 1.82) is 0 Å². The van der Waals surface area contributed by atoms with Crippen molar-refractivity contribution >= 4 is 5.69 Å². The Bertz CT molecular complexity index is 370. The van der Waals surface area contributed by atoms with Crippen LogP contribution in [0.4, 0.5) is 10.1 Å². The van der Waals surface area contributed by atoms with E-state index in [2.05, 4.69) is 0 Å². The fraction of sp³-hybridized carbons (Fsp3) is 0.500. The van der Waals surface area contributed by atoms with E-state index in [0.717, 1.165) is 13.0 Å². The maximum absolute atomic E-state index is 13.6. The molecule has 0 aromatic heterocycles. The van der Waals surface area contributed by atoms with Gasteiger partial charge in [-0.1, -0.05) is 0 Å². The second kappa shape index (κ2) is 4.70. The van der Waals surface area contributed by atoms with E-state index in [4.69, 9.17) is 9.84 Å². The molecule has 1 N–H and O–H groups in total. The molecule has 0 saturated carbocycles. The second-order valence-corrected chi connectivity index (χ2v) is 4.10. The summed E-state index contributed by atoms with van der Waals surface area (Å²) in [5.74, 6) is 0.675. The number of halogens is 1. The van der Waals surface area contributed by atoms with Gasteiger partial charge in [-0.2, -0.15) is 0 Å². The molecule has 1 aromatic rings. The first-order chi connectivity index (χ1) is 7.74. The van der Waals surface area contributed by atoms with Crippen LogP contribution < -0.4 is 9.64 Å². The number of rotatable bonds is 3. The van der Waals surface area contributed by atoms with Gasteiger partial charge in [-0.25, -0.2) is 4.39 Å². The van der Waals surface area contributed by atoms with Gasteiger partial charge >= 0.3 is 0 Å². The number of aliphatic hydroxyl groups excluding tert-OH is 1. The van der Waals surface area contributed by atoms with Crippen LogP contribution in [0.2, 0.25) is 0 Å². The molecule has 0 radical (unpaired) electrons. The van der Waals surface area contributed by atoms with Crippen molar-refractivity contribution in [2.24, 2.45) is 5.92 Å². The summed E-state index contributed by atoms with van der Waals surface area (Å²) in [6.07, 6.45) is 0.910. The summed E-state index contributed by atoms with van der Waals surface area (Å²) in [6.45, 7) is 1.66. The minimum absolute atomic E-state index is 0.169. The molecule has 0 spiro atoms. The third-order valence-corrected chi connectivity index (χ3v) is 3.04. The number of anilines is 1. The predicted molar refractivity (Wildman–Crippen MR) is 60.4 cm³/mol. The highest BCUT2D eigenvalue weighted by Gasteiger charge is 2.24. The lowest BCUT2D eigenvalue weighted by Gasteiger charge is -2.19. The summed E-state index contributed by atoms with van der Waals surface area (Å²) in [7, 11) is 1.57. The molecule has 2 rings (SSSR count). The van der Waals surface area contributed by atoms with Crippen LogP contribution in [0.1, 0.15) is 6.42 Å². The van der Waals surface area contributed by atoms with Gasteiger partial charge in [0.15, 0.2) is 0 Å². The molecule has 1 aromatic carbocycles. The van der Waals surface area contributed by atoms with E-state index in [9.17, 15) is 4.39 Å². The summed E-state index contributed by atoms with van der Waals surface area (Å²) in [4.78, 5) is 1.96. The summed E-state index contributed by atoms with van der Waals surface area (Å²) >= 11 is 0. The molecule has 1 aliphatic heterocycles. The largest absolute Gasteiger partial charge is 0.497 e. The highest BCUT2D eigenvalue weighted by Crippen LogP contribution is 2.29. The van der Waals surface area contributed by atoms with Crippen LogP contribution in [0.15, 0.2) is 18.2 Å². The molecule has 16 heavy (non-hydrogen) atoms. The van der Waals surface area contributed by atoms with Crippen molar-refractivity contribution in [2.75, 3.05) is 31.7 Å². The normalized spacial score (nSPS) is 20.2.